The number of nitrogens with two attached hydrogens (primary N) is 1. The average Bonchev–Trinajstić information content (AvgIpc) is 3.01. The third kappa shape index (κ3) is 3.29. The van der Waals surface area contributed by atoms with Crippen molar-refractivity contribution in [3.63, 3.8) is 0 Å². The summed E-state index contributed by atoms with van der Waals surface area (Å²) >= 11 is 0. The monoisotopic (exact) mass is 310 g/mol. The summed E-state index contributed by atoms with van der Waals surface area (Å²) in [5, 5.41) is 20.1. The first-order valence-corrected chi connectivity index (χ1v) is 7.27. The molecule has 5 N–H and O–H groups in total. The highest BCUT2D eigenvalue weighted by Gasteiger charge is 2.17. The molecule has 2 aromatic heterocycles. The van der Waals surface area contributed by atoms with Gasteiger partial charge in [0.15, 0.2) is 0 Å². The summed E-state index contributed by atoms with van der Waals surface area (Å²) in [5.74, 6) is 0.873. The number of aliphatic hydroxyl groups excluding tert-OH is 1. The third-order valence-electron chi connectivity index (χ3n) is 3.57. The lowest BCUT2D eigenvalue weighted by molar-refractivity contribution is 0.160. The lowest BCUT2D eigenvalue weighted by Crippen LogP contribution is -2.25. The van der Waals surface area contributed by atoms with Gasteiger partial charge in [0.1, 0.15) is 5.82 Å². The van der Waals surface area contributed by atoms with Crippen LogP contribution < -0.4 is 11.1 Å². The van der Waals surface area contributed by atoms with Crippen molar-refractivity contribution in [1.82, 2.24) is 20.2 Å². The summed E-state index contributed by atoms with van der Waals surface area (Å²) in [7, 11) is 0. The maximum atomic E-state index is 10.4. The van der Waals surface area contributed by atoms with Crippen LogP contribution in [0.3, 0.4) is 0 Å². The Labute approximate surface area is 133 Å². The molecule has 0 fully saturated rings. The number of anilines is 2. The summed E-state index contributed by atoms with van der Waals surface area (Å²) < 4.78 is 0. The van der Waals surface area contributed by atoms with Crippen LogP contribution in [-0.2, 0) is 0 Å². The van der Waals surface area contributed by atoms with E-state index >= 15 is 0 Å². The van der Waals surface area contributed by atoms with E-state index < -0.39 is 6.10 Å². The Hall–Kier alpha value is -2.93. The minimum Gasteiger partial charge on any atom is -0.386 e. The summed E-state index contributed by atoms with van der Waals surface area (Å²) in [6.07, 6.45) is 2.59. The number of nitrogens with one attached hydrogen (secondary N) is 2. The highest BCUT2D eigenvalue weighted by Crippen LogP contribution is 2.23. The first-order chi connectivity index (χ1) is 11.1. The van der Waals surface area contributed by atoms with E-state index in [0.717, 1.165) is 5.56 Å². The predicted molar refractivity (Wildman–Crippen MR) is 88.5 cm³/mol. The molecule has 0 bridgehead atoms. The number of rotatable bonds is 5. The van der Waals surface area contributed by atoms with E-state index in [2.05, 4.69) is 25.5 Å². The number of hydrogen-bond donors (Lipinski definition) is 4. The molecule has 1 aromatic carbocycles. The minimum atomic E-state index is -0.664. The van der Waals surface area contributed by atoms with Gasteiger partial charge in [-0.25, -0.2) is 9.97 Å². The number of benzene rings is 1. The third-order valence-corrected chi connectivity index (χ3v) is 3.57. The van der Waals surface area contributed by atoms with Crippen molar-refractivity contribution in [1.29, 1.82) is 0 Å². The number of nitrogen functional groups attached to an aromatic ring is 1. The Balaban J connectivity index is 1.77. The molecule has 2 unspecified atom stereocenters. The lowest BCUT2D eigenvalue weighted by Gasteiger charge is -2.20. The largest absolute Gasteiger partial charge is 0.386 e. The van der Waals surface area contributed by atoms with Gasteiger partial charge in [-0.05, 0) is 18.6 Å². The Morgan fingerprint density at radius 1 is 1.22 bits per heavy atom. The first-order valence-electron chi connectivity index (χ1n) is 7.27. The molecule has 0 aliphatic carbocycles. The number of nitrogens with zero attached hydrogens (tertiary/aromatic N) is 3. The quantitative estimate of drug-likeness (QED) is 0.573. The van der Waals surface area contributed by atoms with Gasteiger partial charge in [-0.1, -0.05) is 30.3 Å². The number of aliphatic hydroxyl groups is 1. The zero-order chi connectivity index (χ0) is 16.2. The lowest BCUT2D eigenvalue weighted by atomic mass is 10.0. The van der Waals surface area contributed by atoms with Crippen LogP contribution in [-0.4, -0.2) is 31.3 Å². The Bertz CT molecular complexity index is 773. The second kappa shape index (κ2) is 6.45. The topological polar surface area (TPSA) is 113 Å². The van der Waals surface area contributed by atoms with E-state index in [-0.39, 0.29) is 6.04 Å². The van der Waals surface area contributed by atoms with Crippen molar-refractivity contribution in [3.8, 4) is 11.3 Å². The van der Waals surface area contributed by atoms with Gasteiger partial charge in [0.2, 0.25) is 5.95 Å². The summed E-state index contributed by atoms with van der Waals surface area (Å²) in [4.78, 5) is 8.61. The van der Waals surface area contributed by atoms with Crippen LogP contribution in [0.15, 0.2) is 48.8 Å². The van der Waals surface area contributed by atoms with Gasteiger partial charge < -0.3 is 16.2 Å². The van der Waals surface area contributed by atoms with E-state index in [0.29, 0.717) is 23.0 Å². The highest BCUT2D eigenvalue weighted by atomic mass is 16.3. The molecule has 2 heterocycles. The van der Waals surface area contributed by atoms with Gasteiger partial charge in [0.25, 0.3) is 0 Å². The molecular weight excluding hydrogens is 292 g/mol. The highest BCUT2D eigenvalue weighted by molar-refractivity contribution is 5.70. The Morgan fingerprint density at radius 3 is 2.70 bits per heavy atom. The van der Waals surface area contributed by atoms with Crippen molar-refractivity contribution in [2.24, 2.45) is 0 Å². The molecule has 0 saturated carbocycles. The fraction of sp³-hybridized carbons (Fsp3) is 0.188. The number of aromatic amines is 1. The van der Waals surface area contributed by atoms with E-state index in [9.17, 15) is 5.11 Å². The molecule has 0 saturated heterocycles. The summed E-state index contributed by atoms with van der Waals surface area (Å²) in [6.45, 7) is 1.87. The van der Waals surface area contributed by atoms with Crippen LogP contribution in [0, 0.1) is 0 Å². The molecule has 0 amide bonds. The number of H-pyrrole nitrogens is 1. The van der Waals surface area contributed by atoms with E-state index in [4.69, 9.17) is 5.73 Å². The molecule has 0 spiro atoms. The molecule has 3 aromatic rings. The molecule has 7 nitrogen and oxygen atoms in total. The fourth-order valence-electron chi connectivity index (χ4n) is 2.30. The standard InChI is InChI=1S/C16H18N6O/c1-10(14(23)11-5-3-2-4-6-11)20-16-18-8-7-13(21-16)12-9-19-22-15(12)17/h2-10,14,23H,1H3,(H3,17,19,22)(H,18,20,21). The normalized spacial score (nSPS) is 13.5. The van der Waals surface area contributed by atoms with Gasteiger partial charge in [-0.2, -0.15) is 5.10 Å². The van der Waals surface area contributed by atoms with Crippen LogP contribution in [0.5, 0.6) is 0 Å². The van der Waals surface area contributed by atoms with E-state index in [1.165, 1.54) is 0 Å². The fourth-order valence-corrected chi connectivity index (χ4v) is 2.30. The molecule has 118 valence electrons. The van der Waals surface area contributed by atoms with Crippen molar-refractivity contribution in [3.05, 3.63) is 54.4 Å². The first kappa shape index (κ1) is 15.0. The summed E-state index contributed by atoms with van der Waals surface area (Å²) in [5.41, 5.74) is 8.02. The maximum Gasteiger partial charge on any atom is 0.223 e. The summed E-state index contributed by atoms with van der Waals surface area (Å²) in [6, 6.07) is 11.0. The second-order valence-electron chi connectivity index (χ2n) is 5.25. The molecule has 0 aliphatic rings. The van der Waals surface area contributed by atoms with Crippen LogP contribution >= 0.6 is 0 Å². The second-order valence-corrected chi connectivity index (χ2v) is 5.25. The zero-order valence-electron chi connectivity index (χ0n) is 12.6. The molecule has 3 rings (SSSR count). The Morgan fingerprint density at radius 2 is 2.00 bits per heavy atom. The predicted octanol–water partition coefficient (Wildman–Crippen LogP) is 1.98. The average molecular weight is 310 g/mol. The Kier molecular flexibility index (Phi) is 4.20. The molecule has 23 heavy (non-hydrogen) atoms. The maximum absolute atomic E-state index is 10.4. The van der Waals surface area contributed by atoms with Gasteiger partial charge in [-0.3, -0.25) is 5.10 Å². The van der Waals surface area contributed by atoms with Crippen molar-refractivity contribution in [2.45, 2.75) is 19.1 Å². The van der Waals surface area contributed by atoms with Crippen LogP contribution in [0.4, 0.5) is 11.8 Å². The van der Waals surface area contributed by atoms with Crippen LogP contribution in [0.2, 0.25) is 0 Å². The van der Waals surface area contributed by atoms with Crippen molar-refractivity contribution in [2.75, 3.05) is 11.1 Å². The smallest absolute Gasteiger partial charge is 0.223 e. The molecule has 0 radical (unpaired) electrons. The minimum absolute atomic E-state index is 0.255. The van der Waals surface area contributed by atoms with Crippen LogP contribution in [0.1, 0.15) is 18.6 Å². The van der Waals surface area contributed by atoms with Gasteiger partial charge in [0.05, 0.1) is 29.6 Å². The molecule has 7 heteroatoms. The van der Waals surface area contributed by atoms with Gasteiger partial charge in [0, 0.05) is 6.20 Å². The van der Waals surface area contributed by atoms with E-state index in [1.54, 1.807) is 18.5 Å². The number of aromatic nitrogens is 4. The van der Waals surface area contributed by atoms with Crippen LogP contribution in [0.25, 0.3) is 11.3 Å². The molecule has 0 aliphatic heterocycles. The van der Waals surface area contributed by atoms with Crippen molar-refractivity contribution >= 4 is 11.8 Å². The van der Waals surface area contributed by atoms with Gasteiger partial charge in [-0.15, -0.1) is 0 Å². The zero-order valence-corrected chi connectivity index (χ0v) is 12.6. The number of hydrogen-bond acceptors (Lipinski definition) is 6. The molecular formula is C16H18N6O. The van der Waals surface area contributed by atoms with E-state index in [1.807, 2.05) is 37.3 Å². The van der Waals surface area contributed by atoms with Crippen molar-refractivity contribution < 1.29 is 5.11 Å². The SMILES string of the molecule is CC(Nc1nccc(-c2cn[nH]c2N)n1)C(O)c1ccccc1. The van der Waals surface area contributed by atoms with Gasteiger partial charge >= 0.3 is 0 Å². The molecule has 2 atom stereocenters.